The first kappa shape index (κ1) is 17.9. The van der Waals surface area contributed by atoms with Crippen LogP contribution in [0.1, 0.15) is 24.8 Å². The molecule has 1 aromatic carbocycles. The van der Waals surface area contributed by atoms with E-state index in [-0.39, 0.29) is 18.9 Å². The van der Waals surface area contributed by atoms with E-state index in [0.29, 0.717) is 24.9 Å². The zero-order chi connectivity index (χ0) is 17.7. The summed E-state index contributed by atoms with van der Waals surface area (Å²) in [6.45, 7) is -0.256. The van der Waals surface area contributed by atoms with Crippen LogP contribution < -0.4 is 10.2 Å². The third-order valence-electron chi connectivity index (χ3n) is 3.81. The van der Waals surface area contributed by atoms with Crippen LogP contribution in [0.25, 0.3) is 0 Å². The van der Waals surface area contributed by atoms with Crippen molar-refractivity contribution in [1.29, 1.82) is 0 Å². The van der Waals surface area contributed by atoms with Crippen LogP contribution in [-0.2, 0) is 16.0 Å². The second-order valence-corrected chi connectivity index (χ2v) is 5.52. The van der Waals surface area contributed by atoms with Gasteiger partial charge in [-0.1, -0.05) is 18.2 Å². The fraction of sp³-hybridized carbons (Fsp3) is 0.412. The summed E-state index contributed by atoms with van der Waals surface area (Å²) in [5.41, 5.74) is 1.54. The molecule has 0 aliphatic carbocycles. The number of hydrogen-bond donors (Lipinski definition) is 1. The summed E-state index contributed by atoms with van der Waals surface area (Å²) in [6.07, 6.45) is 1.80. The van der Waals surface area contributed by atoms with Crippen LogP contribution in [0, 0.1) is 12.3 Å². The third-order valence-corrected chi connectivity index (χ3v) is 3.81. The number of halogens is 3. The molecule has 1 N–H and O–H groups in total. The molecule has 0 radical (unpaired) electrons. The van der Waals surface area contributed by atoms with E-state index < -0.39 is 18.1 Å². The van der Waals surface area contributed by atoms with Gasteiger partial charge in [0.05, 0.1) is 6.04 Å². The van der Waals surface area contributed by atoms with Crippen molar-refractivity contribution in [3.63, 3.8) is 0 Å². The first-order valence-corrected chi connectivity index (χ1v) is 7.53. The maximum absolute atomic E-state index is 12.5. The summed E-state index contributed by atoms with van der Waals surface area (Å²) in [5.74, 6) is 0.239. The number of nitrogens with one attached hydrogen (secondary N) is 1. The van der Waals surface area contributed by atoms with E-state index in [2.05, 4.69) is 5.92 Å². The van der Waals surface area contributed by atoms with Gasteiger partial charge in [0.1, 0.15) is 0 Å². The highest BCUT2D eigenvalue weighted by molar-refractivity contribution is 5.96. The molecule has 7 heteroatoms. The van der Waals surface area contributed by atoms with Crippen LogP contribution in [0.5, 0.6) is 0 Å². The number of rotatable bonds is 5. The molecule has 2 amide bonds. The van der Waals surface area contributed by atoms with Gasteiger partial charge in [0.25, 0.3) is 0 Å². The average Bonchev–Trinajstić information content (AvgIpc) is 2.90. The molecule has 1 aromatic rings. The number of carbonyl (C=O) groups excluding carboxylic acids is 2. The van der Waals surface area contributed by atoms with Crippen molar-refractivity contribution in [2.75, 3.05) is 11.4 Å². The zero-order valence-electron chi connectivity index (χ0n) is 12.9. The van der Waals surface area contributed by atoms with Crippen molar-refractivity contribution < 1.29 is 22.8 Å². The number of amides is 2. The Hall–Kier alpha value is -2.49. The molecule has 0 fully saturated rings. The van der Waals surface area contributed by atoms with E-state index in [4.69, 9.17) is 6.42 Å². The van der Waals surface area contributed by atoms with Crippen molar-refractivity contribution in [1.82, 2.24) is 5.32 Å². The van der Waals surface area contributed by atoms with Crippen LogP contribution in [0.15, 0.2) is 24.3 Å². The molecular formula is C17H17F3N2O2. The number of fused-ring (bicyclic) bond motifs is 1. The lowest BCUT2D eigenvalue weighted by Crippen LogP contribution is -2.48. The second kappa shape index (κ2) is 7.39. The SMILES string of the molecule is C#CCCCC(=O)N1c2ccccc2CC1CNC(=O)C(F)(F)F. The summed E-state index contributed by atoms with van der Waals surface area (Å²) in [7, 11) is 0. The molecule has 1 heterocycles. The number of terminal acetylenes is 1. The molecule has 1 aliphatic rings. The lowest BCUT2D eigenvalue weighted by molar-refractivity contribution is -0.173. The predicted octanol–water partition coefficient (Wildman–Crippen LogP) is 2.43. The number of unbranched alkanes of at least 4 members (excludes halogenated alkanes) is 1. The molecule has 1 atom stereocenters. The van der Waals surface area contributed by atoms with Crippen molar-refractivity contribution in [3.8, 4) is 12.3 Å². The van der Waals surface area contributed by atoms with Gasteiger partial charge in [-0.15, -0.1) is 12.3 Å². The average molecular weight is 338 g/mol. The van der Waals surface area contributed by atoms with Crippen molar-refractivity contribution in [2.24, 2.45) is 0 Å². The number of nitrogens with zero attached hydrogens (tertiary/aromatic N) is 1. The van der Waals surface area contributed by atoms with Gasteiger partial charge < -0.3 is 10.2 Å². The maximum atomic E-state index is 12.5. The number of alkyl halides is 3. The lowest BCUT2D eigenvalue weighted by atomic mass is 10.1. The smallest absolute Gasteiger partial charge is 0.346 e. The molecule has 0 spiro atoms. The van der Waals surface area contributed by atoms with Gasteiger partial charge in [-0.25, -0.2) is 0 Å². The summed E-state index contributed by atoms with van der Waals surface area (Å²) in [4.78, 5) is 25.0. The van der Waals surface area contributed by atoms with E-state index >= 15 is 0 Å². The Balaban J connectivity index is 2.10. The summed E-state index contributed by atoms with van der Waals surface area (Å²) in [5, 5.41) is 1.86. The van der Waals surface area contributed by atoms with Gasteiger partial charge in [0.2, 0.25) is 5.91 Å². The van der Waals surface area contributed by atoms with Crippen molar-refractivity contribution in [2.45, 2.75) is 37.9 Å². The Morgan fingerprint density at radius 2 is 2.04 bits per heavy atom. The maximum Gasteiger partial charge on any atom is 0.471 e. The third kappa shape index (κ3) is 4.07. The standard InChI is InChI=1S/C17H17F3N2O2/c1-2-3-4-9-15(23)22-13(11-21-16(24)17(18,19)20)10-12-7-5-6-8-14(12)22/h1,5-8,13H,3-4,9-11H2,(H,21,24). The minimum atomic E-state index is -4.94. The second-order valence-electron chi connectivity index (χ2n) is 5.52. The first-order valence-electron chi connectivity index (χ1n) is 7.53. The zero-order valence-corrected chi connectivity index (χ0v) is 12.9. The normalized spacial score (nSPS) is 16.4. The Morgan fingerprint density at radius 1 is 1.33 bits per heavy atom. The minimum absolute atomic E-state index is 0.207. The molecule has 0 saturated carbocycles. The van der Waals surface area contributed by atoms with Gasteiger partial charge in [0.15, 0.2) is 0 Å². The van der Waals surface area contributed by atoms with E-state index in [1.165, 1.54) is 4.90 Å². The summed E-state index contributed by atoms with van der Waals surface area (Å²) in [6, 6.07) is 6.60. The number of benzene rings is 1. The van der Waals surface area contributed by atoms with Gasteiger partial charge in [-0.3, -0.25) is 9.59 Å². The van der Waals surface area contributed by atoms with E-state index in [9.17, 15) is 22.8 Å². The fourth-order valence-corrected chi connectivity index (χ4v) is 2.73. The van der Waals surface area contributed by atoms with Crippen LogP contribution in [0.3, 0.4) is 0 Å². The van der Waals surface area contributed by atoms with E-state index in [1.54, 1.807) is 18.2 Å². The quantitative estimate of drug-likeness (QED) is 0.662. The Labute approximate surface area is 138 Å². The van der Waals surface area contributed by atoms with Crippen molar-refractivity contribution in [3.05, 3.63) is 29.8 Å². The molecule has 1 aliphatic heterocycles. The lowest BCUT2D eigenvalue weighted by Gasteiger charge is -2.26. The highest BCUT2D eigenvalue weighted by Gasteiger charge is 2.40. The summed E-state index contributed by atoms with van der Waals surface area (Å²) >= 11 is 0. The number of hydrogen-bond acceptors (Lipinski definition) is 2. The number of anilines is 1. The molecule has 24 heavy (non-hydrogen) atoms. The Bertz CT molecular complexity index is 665. The van der Waals surface area contributed by atoms with Crippen molar-refractivity contribution >= 4 is 17.5 Å². The molecule has 0 bridgehead atoms. The summed E-state index contributed by atoms with van der Waals surface area (Å²) < 4.78 is 37.0. The molecule has 1 unspecified atom stereocenters. The highest BCUT2D eigenvalue weighted by Crippen LogP contribution is 2.32. The van der Waals surface area contributed by atoms with Gasteiger partial charge in [0, 0.05) is 25.1 Å². The highest BCUT2D eigenvalue weighted by atomic mass is 19.4. The van der Waals surface area contributed by atoms with Crippen LogP contribution in [0.2, 0.25) is 0 Å². The van der Waals surface area contributed by atoms with Crippen LogP contribution >= 0.6 is 0 Å². The molecule has 4 nitrogen and oxygen atoms in total. The Kier molecular flexibility index (Phi) is 5.50. The molecule has 0 aromatic heterocycles. The van der Waals surface area contributed by atoms with Crippen LogP contribution in [-0.4, -0.2) is 30.6 Å². The topological polar surface area (TPSA) is 49.4 Å². The minimum Gasteiger partial charge on any atom is -0.346 e. The van der Waals surface area contributed by atoms with Gasteiger partial charge >= 0.3 is 12.1 Å². The Morgan fingerprint density at radius 3 is 2.71 bits per heavy atom. The van der Waals surface area contributed by atoms with Crippen LogP contribution in [0.4, 0.5) is 18.9 Å². The van der Waals surface area contributed by atoms with Gasteiger partial charge in [-0.2, -0.15) is 13.2 Å². The van der Waals surface area contributed by atoms with E-state index in [1.807, 2.05) is 11.4 Å². The van der Waals surface area contributed by atoms with Gasteiger partial charge in [-0.05, 0) is 24.5 Å². The largest absolute Gasteiger partial charge is 0.471 e. The fourth-order valence-electron chi connectivity index (χ4n) is 2.73. The first-order chi connectivity index (χ1) is 11.3. The molecule has 128 valence electrons. The monoisotopic (exact) mass is 338 g/mol. The number of carbonyl (C=O) groups is 2. The van der Waals surface area contributed by atoms with E-state index in [0.717, 1.165) is 5.56 Å². The number of para-hydroxylation sites is 1. The predicted molar refractivity (Wildman–Crippen MR) is 83.2 cm³/mol. The molecule has 0 saturated heterocycles. The molecular weight excluding hydrogens is 321 g/mol. The molecule has 2 rings (SSSR count).